The fourth-order valence-electron chi connectivity index (χ4n) is 1.93. The van der Waals surface area contributed by atoms with Gasteiger partial charge in [-0.1, -0.05) is 23.7 Å². The first-order chi connectivity index (χ1) is 12.0. The summed E-state index contributed by atoms with van der Waals surface area (Å²) in [5.41, 5.74) is 0.544. The Morgan fingerprint density at radius 1 is 1.12 bits per heavy atom. The van der Waals surface area contributed by atoms with Crippen molar-refractivity contribution in [3.8, 4) is 11.5 Å². The summed E-state index contributed by atoms with van der Waals surface area (Å²) < 4.78 is 15.4. The number of rotatable bonds is 7. The van der Waals surface area contributed by atoms with Crippen molar-refractivity contribution in [2.24, 2.45) is 0 Å². The fourth-order valence-corrected chi connectivity index (χ4v) is 2.11. The van der Waals surface area contributed by atoms with Crippen molar-refractivity contribution in [1.82, 2.24) is 0 Å². The first-order valence-corrected chi connectivity index (χ1v) is 7.88. The predicted octanol–water partition coefficient (Wildman–Crippen LogP) is 3.30. The van der Waals surface area contributed by atoms with E-state index in [4.69, 9.17) is 25.8 Å². The number of methoxy groups -OCH3 is 1. The van der Waals surface area contributed by atoms with Gasteiger partial charge in [-0.3, -0.25) is 4.79 Å². The average molecular weight is 364 g/mol. The number of anilines is 1. The zero-order chi connectivity index (χ0) is 18.2. The predicted molar refractivity (Wildman–Crippen MR) is 94.1 cm³/mol. The van der Waals surface area contributed by atoms with E-state index in [0.717, 1.165) is 0 Å². The molecule has 0 bridgehead atoms. The molecule has 0 aliphatic heterocycles. The maximum absolute atomic E-state index is 12.1. The zero-order valence-electron chi connectivity index (χ0n) is 13.8. The van der Waals surface area contributed by atoms with Crippen molar-refractivity contribution < 1.29 is 23.8 Å². The first-order valence-electron chi connectivity index (χ1n) is 7.50. The minimum absolute atomic E-state index is 0.322. The molecular formula is C18H18ClNO5. The van der Waals surface area contributed by atoms with Gasteiger partial charge in [0, 0.05) is 16.8 Å². The van der Waals surface area contributed by atoms with Crippen LogP contribution in [0, 0.1) is 0 Å². The number of carbonyl (C=O) groups excluding carboxylic acids is 2. The molecule has 2 aromatic rings. The summed E-state index contributed by atoms with van der Waals surface area (Å²) in [6.45, 7) is 1.16. The summed E-state index contributed by atoms with van der Waals surface area (Å²) in [5, 5.41) is 3.15. The molecule has 1 N–H and O–H groups in total. The second-order valence-electron chi connectivity index (χ2n) is 5.10. The molecular weight excluding hydrogens is 346 g/mol. The van der Waals surface area contributed by atoms with Crippen LogP contribution in [-0.4, -0.2) is 31.7 Å². The third-order valence-electron chi connectivity index (χ3n) is 3.17. The molecule has 0 saturated heterocycles. The van der Waals surface area contributed by atoms with Crippen LogP contribution in [0.15, 0.2) is 48.5 Å². The molecule has 25 heavy (non-hydrogen) atoms. The first kappa shape index (κ1) is 18.6. The lowest BCUT2D eigenvalue weighted by molar-refractivity contribution is -0.155. The van der Waals surface area contributed by atoms with E-state index in [0.29, 0.717) is 22.2 Å². The van der Waals surface area contributed by atoms with Gasteiger partial charge in [0.15, 0.2) is 12.7 Å². The molecule has 2 rings (SSSR count). The van der Waals surface area contributed by atoms with Crippen LogP contribution in [0.4, 0.5) is 5.69 Å². The molecule has 1 atom stereocenters. The molecule has 0 fully saturated rings. The third kappa shape index (κ3) is 6.00. The fraction of sp³-hybridized carbons (Fsp3) is 0.222. The lowest BCUT2D eigenvalue weighted by atomic mass is 10.3. The summed E-state index contributed by atoms with van der Waals surface area (Å²) in [6, 6.07) is 13.5. The van der Waals surface area contributed by atoms with Crippen molar-refractivity contribution in [3.05, 3.63) is 53.6 Å². The standard InChI is InChI=1S/C18H18ClNO5/c1-12(18(22)20-14-6-4-7-15(10-14)23-2)25-17(21)11-24-16-8-3-5-13(19)9-16/h3-10,12H,11H2,1-2H3,(H,20,22)/t12-/m1/s1. The number of benzene rings is 2. The molecule has 6 nitrogen and oxygen atoms in total. The molecule has 132 valence electrons. The highest BCUT2D eigenvalue weighted by atomic mass is 35.5. The van der Waals surface area contributed by atoms with Gasteiger partial charge in [-0.25, -0.2) is 4.79 Å². The number of hydrogen-bond acceptors (Lipinski definition) is 5. The molecule has 1 amide bonds. The second kappa shape index (κ2) is 8.94. The minimum Gasteiger partial charge on any atom is -0.497 e. The minimum atomic E-state index is -0.971. The Labute approximate surface area is 150 Å². The van der Waals surface area contributed by atoms with Crippen LogP contribution in [0.2, 0.25) is 5.02 Å². The molecule has 0 unspecified atom stereocenters. The van der Waals surface area contributed by atoms with E-state index >= 15 is 0 Å². The van der Waals surface area contributed by atoms with Gasteiger partial charge in [-0.2, -0.15) is 0 Å². The van der Waals surface area contributed by atoms with Crippen molar-refractivity contribution in [3.63, 3.8) is 0 Å². The van der Waals surface area contributed by atoms with Gasteiger partial charge in [0.1, 0.15) is 11.5 Å². The molecule has 0 spiro atoms. The smallest absolute Gasteiger partial charge is 0.344 e. The van der Waals surface area contributed by atoms with Gasteiger partial charge in [-0.15, -0.1) is 0 Å². The van der Waals surface area contributed by atoms with Crippen molar-refractivity contribution in [2.75, 3.05) is 19.0 Å². The van der Waals surface area contributed by atoms with Crippen LogP contribution in [-0.2, 0) is 14.3 Å². The molecule has 0 aliphatic rings. The van der Waals surface area contributed by atoms with E-state index in [1.165, 1.54) is 14.0 Å². The highest BCUT2D eigenvalue weighted by molar-refractivity contribution is 6.30. The Hall–Kier alpha value is -2.73. The van der Waals surface area contributed by atoms with E-state index in [2.05, 4.69) is 5.32 Å². The van der Waals surface area contributed by atoms with Gasteiger partial charge >= 0.3 is 5.97 Å². The topological polar surface area (TPSA) is 73.9 Å². The number of nitrogens with one attached hydrogen (secondary N) is 1. The number of carbonyl (C=O) groups is 2. The lowest BCUT2D eigenvalue weighted by Gasteiger charge is -2.14. The Bertz CT molecular complexity index is 750. The Morgan fingerprint density at radius 2 is 1.84 bits per heavy atom. The van der Waals surface area contributed by atoms with E-state index in [-0.39, 0.29) is 6.61 Å². The summed E-state index contributed by atoms with van der Waals surface area (Å²) in [4.78, 5) is 23.9. The van der Waals surface area contributed by atoms with Gasteiger partial charge in [0.05, 0.1) is 7.11 Å². The van der Waals surface area contributed by atoms with Crippen molar-refractivity contribution in [2.45, 2.75) is 13.0 Å². The monoisotopic (exact) mass is 363 g/mol. The highest BCUT2D eigenvalue weighted by Crippen LogP contribution is 2.18. The molecule has 0 heterocycles. The largest absolute Gasteiger partial charge is 0.497 e. The van der Waals surface area contributed by atoms with Crippen LogP contribution in [0.3, 0.4) is 0 Å². The quantitative estimate of drug-likeness (QED) is 0.764. The number of amides is 1. The summed E-state index contributed by atoms with van der Waals surface area (Å²) >= 11 is 5.83. The molecule has 0 aliphatic carbocycles. The maximum Gasteiger partial charge on any atom is 0.344 e. The summed E-state index contributed by atoms with van der Waals surface area (Å²) in [5.74, 6) is -0.0621. The van der Waals surface area contributed by atoms with Crippen molar-refractivity contribution >= 4 is 29.2 Å². The molecule has 0 aromatic heterocycles. The van der Waals surface area contributed by atoms with E-state index in [9.17, 15) is 9.59 Å². The maximum atomic E-state index is 12.1. The summed E-state index contributed by atoms with van der Waals surface area (Å²) in [7, 11) is 1.53. The zero-order valence-corrected chi connectivity index (χ0v) is 14.6. The molecule has 7 heteroatoms. The van der Waals surface area contributed by atoms with E-state index in [1.807, 2.05) is 0 Å². The lowest BCUT2D eigenvalue weighted by Crippen LogP contribution is -2.31. The van der Waals surface area contributed by atoms with Crippen LogP contribution in [0.5, 0.6) is 11.5 Å². The summed E-state index contributed by atoms with van der Waals surface area (Å²) in [6.07, 6.45) is -0.971. The van der Waals surface area contributed by atoms with Gasteiger partial charge in [0.25, 0.3) is 5.91 Å². The Balaban J connectivity index is 1.82. The molecule has 2 aromatic carbocycles. The third-order valence-corrected chi connectivity index (χ3v) is 3.40. The van der Waals surface area contributed by atoms with Crippen LogP contribution in [0.1, 0.15) is 6.92 Å². The van der Waals surface area contributed by atoms with Gasteiger partial charge in [0.2, 0.25) is 0 Å². The van der Waals surface area contributed by atoms with Crippen LogP contribution < -0.4 is 14.8 Å². The normalized spacial score (nSPS) is 11.3. The van der Waals surface area contributed by atoms with Gasteiger partial charge in [-0.05, 0) is 37.3 Å². The Kier molecular flexibility index (Phi) is 6.65. The second-order valence-corrected chi connectivity index (χ2v) is 5.54. The number of hydrogen-bond donors (Lipinski definition) is 1. The SMILES string of the molecule is COc1cccc(NC(=O)[C@@H](C)OC(=O)COc2cccc(Cl)c2)c1. The number of ether oxygens (including phenoxy) is 3. The van der Waals surface area contributed by atoms with Crippen LogP contribution >= 0.6 is 11.6 Å². The van der Waals surface area contributed by atoms with E-state index in [1.54, 1.807) is 48.5 Å². The van der Waals surface area contributed by atoms with Crippen molar-refractivity contribution in [1.29, 1.82) is 0 Å². The number of esters is 1. The molecule has 0 saturated carbocycles. The van der Waals surface area contributed by atoms with Crippen LogP contribution in [0.25, 0.3) is 0 Å². The Morgan fingerprint density at radius 3 is 2.56 bits per heavy atom. The van der Waals surface area contributed by atoms with E-state index < -0.39 is 18.0 Å². The average Bonchev–Trinajstić information content (AvgIpc) is 2.60. The van der Waals surface area contributed by atoms with Gasteiger partial charge < -0.3 is 19.5 Å². The molecule has 0 radical (unpaired) electrons. The number of halogens is 1. The highest BCUT2D eigenvalue weighted by Gasteiger charge is 2.18.